The van der Waals surface area contributed by atoms with Gasteiger partial charge in [-0.3, -0.25) is 14.0 Å². The zero-order chi connectivity index (χ0) is 15.9. The number of thiazole rings is 1. The molecule has 3 rings (SSSR count). The molecule has 0 radical (unpaired) electrons. The minimum Gasteiger partial charge on any atom is -0.316 e. The summed E-state index contributed by atoms with van der Waals surface area (Å²) < 4.78 is 1.49. The van der Waals surface area contributed by atoms with Gasteiger partial charge in [-0.25, -0.2) is 4.98 Å². The summed E-state index contributed by atoms with van der Waals surface area (Å²) in [5.74, 6) is -0.391. The Morgan fingerprint density at radius 3 is 2.86 bits per heavy atom. The predicted octanol–water partition coefficient (Wildman–Crippen LogP) is 3.28. The van der Waals surface area contributed by atoms with Gasteiger partial charge in [0, 0.05) is 21.7 Å². The summed E-state index contributed by atoms with van der Waals surface area (Å²) in [5, 5.41) is 4.96. The lowest BCUT2D eigenvalue weighted by atomic mass is 10.2. The lowest BCUT2D eigenvalue weighted by molar-refractivity contribution is 0.102. The average Bonchev–Trinajstić information content (AvgIpc) is 2.84. The first-order valence-corrected chi connectivity index (χ1v) is 7.77. The van der Waals surface area contributed by atoms with Crippen molar-refractivity contribution in [3.63, 3.8) is 0 Å². The van der Waals surface area contributed by atoms with Gasteiger partial charge in [-0.15, -0.1) is 11.3 Å². The molecule has 0 unspecified atom stereocenters. The van der Waals surface area contributed by atoms with E-state index in [2.05, 4.69) is 10.3 Å². The first-order chi connectivity index (χ1) is 10.5. The Morgan fingerprint density at radius 1 is 1.36 bits per heavy atom. The Bertz CT molecular complexity index is 946. The molecule has 0 saturated heterocycles. The Balaban J connectivity index is 2.05. The van der Waals surface area contributed by atoms with Crippen molar-refractivity contribution in [2.75, 3.05) is 5.32 Å². The van der Waals surface area contributed by atoms with E-state index in [-0.39, 0.29) is 11.2 Å². The number of aryl methyl sites for hydroxylation is 2. The van der Waals surface area contributed by atoms with Gasteiger partial charge in [0.2, 0.25) is 0 Å². The van der Waals surface area contributed by atoms with Crippen molar-refractivity contribution in [3.8, 4) is 0 Å². The first-order valence-electron chi connectivity index (χ1n) is 6.52. The Kier molecular flexibility index (Phi) is 3.72. The quantitative estimate of drug-likeness (QED) is 0.782. The van der Waals surface area contributed by atoms with Crippen LogP contribution in [-0.2, 0) is 0 Å². The van der Waals surface area contributed by atoms with Gasteiger partial charge in [0.15, 0.2) is 4.96 Å². The second-order valence-corrected chi connectivity index (χ2v) is 6.11. The van der Waals surface area contributed by atoms with E-state index >= 15 is 0 Å². The van der Waals surface area contributed by atoms with Gasteiger partial charge in [-0.1, -0.05) is 17.7 Å². The van der Waals surface area contributed by atoms with Crippen molar-refractivity contribution >= 4 is 39.5 Å². The molecule has 112 valence electrons. The molecule has 1 aromatic carbocycles. The van der Waals surface area contributed by atoms with E-state index < -0.39 is 5.91 Å². The summed E-state index contributed by atoms with van der Waals surface area (Å²) in [4.78, 5) is 29.8. The summed E-state index contributed by atoms with van der Waals surface area (Å²) in [6, 6.07) is 6.55. The molecule has 1 amide bonds. The van der Waals surface area contributed by atoms with Crippen molar-refractivity contribution in [2.24, 2.45) is 0 Å². The van der Waals surface area contributed by atoms with Gasteiger partial charge >= 0.3 is 0 Å². The molecule has 0 aliphatic heterocycles. The number of rotatable bonds is 2. The molecular weight excluding hydrogens is 322 g/mol. The van der Waals surface area contributed by atoms with E-state index in [0.29, 0.717) is 21.2 Å². The number of hydrogen-bond acceptors (Lipinski definition) is 4. The van der Waals surface area contributed by atoms with E-state index in [1.807, 2.05) is 12.3 Å². The largest absolute Gasteiger partial charge is 0.316 e. The molecule has 2 aromatic heterocycles. The SMILES string of the molecule is Cc1nc2scc(C)n2c(=O)c1NC(=O)c1cccc(Cl)c1. The van der Waals surface area contributed by atoms with Crippen LogP contribution < -0.4 is 10.9 Å². The minimum absolute atomic E-state index is 0.184. The van der Waals surface area contributed by atoms with Crippen LogP contribution in [0.3, 0.4) is 0 Å². The van der Waals surface area contributed by atoms with Crippen molar-refractivity contribution in [1.29, 1.82) is 0 Å². The highest BCUT2D eigenvalue weighted by Gasteiger charge is 2.15. The maximum absolute atomic E-state index is 12.6. The number of halogens is 1. The second kappa shape index (κ2) is 5.55. The number of carbonyl (C=O) groups is 1. The number of amides is 1. The molecule has 0 saturated carbocycles. The molecular formula is C15H12ClN3O2S. The number of carbonyl (C=O) groups excluding carboxylic acids is 1. The van der Waals surface area contributed by atoms with Crippen molar-refractivity contribution in [3.05, 3.63) is 62.0 Å². The van der Waals surface area contributed by atoms with Crippen molar-refractivity contribution in [2.45, 2.75) is 13.8 Å². The predicted molar refractivity (Wildman–Crippen MR) is 88.2 cm³/mol. The topological polar surface area (TPSA) is 63.5 Å². The fourth-order valence-corrected chi connectivity index (χ4v) is 3.24. The average molecular weight is 334 g/mol. The highest BCUT2D eigenvalue weighted by atomic mass is 35.5. The fourth-order valence-electron chi connectivity index (χ4n) is 2.14. The fraction of sp³-hybridized carbons (Fsp3) is 0.133. The molecule has 0 spiro atoms. The normalized spacial score (nSPS) is 10.9. The maximum Gasteiger partial charge on any atom is 0.282 e. The Hall–Kier alpha value is -2.18. The molecule has 7 heteroatoms. The summed E-state index contributed by atoms with van der Waals surface area (Å²) in [7, 11) is 0. The third kappa shape index (κ3) is 2.51. The van der Waals surface area contributed by atoms with Gasteiger partial charge < -0.3 is 5.32 Å². The number of anilines is 1. The van der Waals surface area contributed by atoms with Crippen LogP contribution in [-0.4, -0.2) is 15.3 Å². The van der Waals surface area contributed by atoms with Crippen LogP contribution in [0.1, 0.15) is 21.7 Å². The maximum atomic E-state index is 12.6. The highest BCUT2D eigenvalue weighted by molar-refractivity contribution is 7.15. The number of fused-ring (bicyclic) bond motifs is 1. The van der Waals surface area contributed by atoms with Crippen LogP contribution in [0.2, 0.25) is 5.02 Å². The standard InChI is InChI=1S/C15H12ClN3O2S/c1-8-7-22-15-17-9(2)12(14(21)19(8)15)18-13(20)10-4-3-5-11(16)6-10/h3-7H,1-2H3,(H,18,20). The number of benzene rings is 1. The third-order valence-electron chi connectivity index (χ3n) is 3.25. The van der Waals surface area contributed by atoms with Gasteiger partial charge in [-0.05, 0) is 32.0 Å². The van der Waals surface area contributed by atoms with E-state index in [0.717, 1.165) is 5.69 Å². The molecule has 0 atom stereocenters. The molecule has 5 nitrogen and oxygen atoms in total. The number of aromatic nitrogens is 2. The summed E-state index contributed by atoms with van der Waals surface area (Å²) in [6.45, 7) is 3.52. The summed E-state index contributed by atoms with van der Waals surface area (Å²) in [6.07, 6.45) is 0. The molecule has 3 aromatic rings. The molecule has 0 aliphatic rings. The monoisotopic (exact) mass is 333 g/mol. The summed E-state index contributed by atoms with van der Waals surface area (Å²) >= 11 is 7.27. The molecule has 2 heterocycles. The van der Waals surface area contributed by atoms with Gasteiger partial charge in [0.05, 0.1) is 5.69 Å². The lowest BCUT2D eigenvalue weighted by Gasteiger charge is -2.08. The zero-order valence-corrected chi connectivity index (χ0v) is 13.5. The second-order valence-electron chi connectivity index (χ2n) is 4.84. The molecule has 0 aliphatic carbocycles. The van der Waals surface area contributed by atoms with E-state index in [1.54, 1.807) is 31.2 Å². The number of nitrogens with zero attached hydrogens (tertiary/aromatic N) is 2. The first kappa shape index (κ1) is 14.7. The molecule has 0 fully saturated rings. The summed E-state index contributed by atoms with van der Waals surface area (Å²) in [5.41, 5.74) is 1.57. The van der Waals surface area contributed by atoms with E-state index in [9.17, 15) is 9.59 Å². The van der Waals surface area contributed by atoms with Crippen LogP contribution in [0, 0.1) is 13.8 Å². The van der Waals surface area contributed by atoms with E-state index in [4.69, 9.17) is 11.6 Å². The van der Waals surface area contributed by atoms with Crippen LogP contribution in [0.25, 0.3) is 4.96 Å². The Labute approximate surface area is 135 Å². The van der Waals surface area contributed by atoms with Crippen LogP contribution >= 0.6 is 22.9 Å². The van der Waals surface area contributed by atoms with Gasteiger partial charge in [0.25, 0.3) is 11.5 Å². The number of nitrogens with one attached hydrogen (secondary N) is 1. The molecule has 1 N–H and O–H groups in total. The van der Waals surface area contributed by atoms with Crippen LogP contribution in [0.5, 0.6) is 0 Å². The van der Waals surface area contributed by atoms with E-state index in [1.165, 1.54) is 15.7 Å². The van der Waals surface area contributed by atoms with Crippen molar-refractivity contribution in [1.82, 2.24) is 9.38 Å². The van der Waals surface area contributed by atoms with Crippen LogP contribution in [0.15, 0.2) is 34.4 Å². The third-order valence-corrected chi connectivity index (χ3v) is 4.43. The molecule has 22 heavy (non-hydrogen) atoms. The van der Waals surface area contributed by atoms with Gasteiger partial charge in [-0.2, -0.15) is 0 Å². The van der Waals surface area contributed by atoms with Gasteiger partial charge in [0.1, 0.15) is 5.69 Å². The Morgan fingerprint density at radius 2 is 2.14 bits per heavy atom. The smallest absolute Gasteiger partial charge is 0.282 e. The van der Waals surface area contributed by atoms with Crippen LogP contribution in [0.4, 0.5) is 5.69 Å². The zero-order valence-electron chi connectivity index (χ0n) is 11.9. The minimum atomic E-state index is -0.391. The number of hydrogen-bond donors (Lipinski definition) is 1. The molecule has 0 bridgehead atoms. The lowest BCUT2D eigenvalue weighted by Crippen LogP contribution is -2.25. The highest BCUT2D eigenvalue weighted by Crippen LogP contribution is 2.17. The van der Waals surface area contributed by atoms with Crippen molar-refractivity contribution < 1.29 is 4.79 Å².